The first kappa shape index (κ1) is 16.5. The van der Waals surface area contributed by atoms with Gasteiger partial charge in [-0.15, -0.1) is 0 Å². The molecular formula is C16H18ClN5O2. The van der Waals surface area contributed by atoms with Gasteiger partial charge in [0.05, 0.1) is 23.3 Å². The van der Waals surface area contributed by atoms with Crippen LogP contribution in [-0.4, -0.2) is 27.0 Å². The highest BCUT2D eigenvalue weighted by molar-refractivity contribution is 6.30. The number of nitrogens with zero attached hydrogens (tertiary/aromatic N) is 4. The lowest BCUT2D eigenvalue weighted by Crippen LogP contribution is -2.08. The van der Waals surface area contributed by atoms with Crippen LogP contribution in [-0.2, 0) is 11.3 Å². The van der Waals surface area contributed by atoms with Gasteiger partial charge in [-0.25, -0.2) is 4.68 Å². The van der Waals surface area contributed by atoms with Gasteiger partial charge in [0.1, 0.15) is 12.6 Å². The number of hydrogen-bond acceptors (Lipinski definition) is 6. The molecule has 126 valence electrons. The van der Waals surface area contributed by atoms with Crippen molar-refractivity contribution >= 4 is 17.3 Å². The molecule has 0 aliphatic carbocycles. The largest absolute Gasteiger partial charge is 0.377 e. The zero-order chi connectivity index (χ0) is 17.1. The molecular weight excluding hydrogens is 330 g/mol. The van der Waals surface area contributed by atoms with Crippen molar-refractivity contribution in [1.29, 1.82) is 0 Å². The number of rotatable bonds is 6. The van der Waals surface area contributed by atoms with E-state index < -0.39 is 0 Å². The number of ether oxygens (including phenoxy) is 1. The zero-order valence-corrected chi connectivity index (χ0v) is 14.4. The van der Waals surface area contributed by atoms with Gasteiger partial charge in [-0.2, -0.15) is 10.1 Å². The second-order valence-electron chi connectivity index (χ2n) is 5.38. The summed E-state index contributed by atoms with van der Waals surface area (Å²) in [5.74, 6) is 1.02. The molecule has 2 aromatic heterocycles. The lowest BCUT2D eigenvalue weighted by Gasteiger charge is -2.11. The van der Waals surface area contributed by atoms with E-state index in [-0.39, 0.29) is 6.04 Å². The number of halogens is 1. The summed E-state index contributed by atoms with van der Waals surface area (Å²) in [5.41, 5.74) is 2.75. The predicted octanol–water partition coefficient (Wildman–Crippen LogP) is 3.54. The van der Waals surface area contributed by atoms with Crippen LogP contribution in [0.15, 0.2) is 35.0 Å². The van der Waals surface area contributed by atoms with Gasteiger partial charge in [0, 0.05) is 12.1 Å². The van der Waals surface area contributed by atoms with E-state index in [0.29, 0.717) is 23.3 Å². The minimum atomic E-state index is -0.154. The Kier molecular flexibility index (Phi) is 4.82. The van der Waals surface area contributed by atoms with E-state index in [1.807, 2.05) is 42.8 Å². The van der Waals surface area contributed by atoms with Crippen molar-refractivity contribution in [2.24, 2.45) is 0 Å². The second-order valence-corrected chi connectivity index (χ2v) is 5.82. The molecule has 0 saturated carbocycles. The summed E-state index contributed by atoms with van der Waals surface area (Å²) in [7, 11) is 1.59. The first-order valence-corrected chi connectivity index (χ1v) is 7.85. The molecule has 0 aliphatic rings. The number of anilines is 1. The summed E-state index contributed by atoms with van der Waals surface area (Å²) in [4.78, 5) is 4.29. The van der Waals surface area contributed by atoms with Crippen molar-refractivity contribution in [3.05, 3.63) is 52.9 Å². The minimum Gasteiger partial charge on any atom is -0.377 e. The maximum Gasteiger partial charge on any atom is 0.248 e. The molecule has 0 radical (unpaired) electrons. The number of benzene rings is 1. The number of methoxy groups -OCH3 is 1. The molecule has 1 aromatic carbocycles. The Morgan fingerprint density at radius 2 is 2.25 bits per heavy atom. The van der Waals surface area contributed by atoms with Crippen LogP contribution in [0.5, 0.6) is 0 Å². The van der Waals surface area contributed by atoms with E-state index >= 15 is 0 Å². The summed E-state index contributed by atoms with van der Waals surface area (Å²) < 4.78 is 12.1. The van der Waals surface area contributed by atoms with Gasteiger partial charge in [0.25, 0.3) is 0 Å². The first-order valence-electron chi connectivity index (χ1n) is 7.47. The molecule has 1 atom stereocenters. The summed E-state index contributed by atoms with van der Waals surface area (Å²) in [5, 5.41) is 12.3. The molecule has 0 fully saturated rings. The van der Waals surface area contributed by atoms with E-state index in [1.165, 1.54) is 0 Å². The Hall–Kier alpha value is -2.38. The fourth-order valence-corrected chi connectivity index (χ4v) is 2.53. The van der Waals surface area contributed by atoms with Crippen LogP contribution in [0.1, 0.15) is 30.4 Å². The zero-order valence-electron chi connectivity index (χ0n) is 13.7. The van der Waals surface area contributed by atoms with Gasteiger partial charge in [-0.1, -0.05) is 22.8 Å². The van der Waals surface area contributed by atoms with Crippen molar-refractivity contribution in [2.75, 3.05) is 12.4 Å². The van der Waals surface area contributed by atoms with Gasteiger partial charge >= 0.3 is 0 Å². The molecule has 24 heavy (non-hydrogen) atoms. The molecule has 0 spiro atoms. The Bertz CT molecular complexity index is 829. The van der Waals surface area contributed by atoms with E-state index in [2.05, 4.69) is 20.6 Å². The first-order chi connectivity index (χ1) is 11.6. The number of aromatic nitrogens is 4. The van der Waals surface area contributed by atoms with Crippen LogP contribution in [0, 0.1) is 6.92 Å². The van der Waals surface area contributed by atoms with Crippen molar-refractivity contribution in [1.82, 2.24) is 19.9 Å². The SMILES string of the molecule is COCc1noc([C@H](C)Nc2cnn(-c3cccc(Cl)c3)c2C)n1. The third-order valence-electron chi connectivity index (χ3n) is 3.56. The minimum absolute atomic E-state index is 0.154. The Balaban J connectivity index is 1.78. The van der Waals surface area contributed by atoms with Crippen molar-refractivity contribution in [3.63, 3.8) is 0 Å². The molecule has 0 aliphatic heterocycles. The molecule has 2 heterocycles. The van der Waals surface area contributed by atoms with Crippen LogP contribution in [0.2, 0.25) is 5.02 Å². The van der Waals surface area contributed by atoms with Crippen LogP contribution in [0.25, 0.3) is 5.69 Å². The lowest BCUT2D eigenvalue weighted by atomic mass is 10.3. The van der Waals surface area contributed by atoms with Gasteiger partial charge in [0.15, 0.2) is 5.82 Å². The van der Waals surface area contributed by atoms with Gasteiger partial charge in [-0.05, 0) is 32.0 Å². The molecule has 3 rings (SSSR count). The summed E-state index contributed by atoms with van der Waals surface area (Å²) in [6.45, 7) is 4.25. The maximum absolute atomic E-state index is 6.05. The third kappa shape index (κ3) is 3.42. The van der Waals surface area contributed by atoms with E-state index in [9.17, 15) is 0 Å². The molecule has 7 nitrogen and oxygen atoms in total. The predicted molar refractivity (Wildman–Crippen MR) is 90.4 cm³/mol. The molecule has 0 bridgehead atoms. The smallest absolute Gasteiger partial charge is 0.248 e. The number of hydrogen-bond donors (Lipinski definition) is 1. The molecule has 1 N–H and O–H groups in total. The van der Waals surface area contributed by atoms with E-state index in [0.717, 1.165) is 17.1 Å². The molecule has 0 amide bonds. The highest BCUT2D eigenvalue weighted by Crippen LogP contribution is 2.24. The topological polar surface area (TPSA) is 78.0 Å². The third-order valence-corrected chi connectivity index (χ3v) is 3.80. The van der Waals surface area contributed by atoms with Gasteiger partial charge in [0.2, 0.25) is 5.89 Å². The highest BCUT2D eigenvalue weighted by Gasteiger charge is 2.17. The standard InChI is InChI=1S/C16H18ClN5O2/c1-10(16-20-15(9-23-3)21-24-16)19-14-8-18-22(11(14)2)13-6-4-5-12(17)7-13/h4-8,10,19H,9H2,1-3H3/t10-/m0/s1. The lowest BCUT2D eigenvalue weighted by molar-refractivity contribution is 0.174. The van der Waals surface area contributed by atoms with Gasteiger partial charge in [-0.3, -0.25) is 0 Å². The van der Waals surface area contributed by atoms with Gasteiger partial charge < -0.3 is 14.6 Å². The second kappa shape index (κ2) is 7.02. The monoisotopic (exact) mass is 347 g/mol. The van der Waals surface area contributed by atoms with Crippen LogP contribution >= 0.6 is 11.6 Å². The average Bonchev–Trinajstić information content (AvgIpc) is 3.16. The molecule has 8 heteroatoms. The Morgan fingerprint density at radius 3 is 3.00 bits per heavy atom. The maximum atomic E-state index is 6.05. The molecule has 0 saturated heterocycles. The molecule has 0 unspecified atom stereocenters. The van der Waals surface area contributed by atoms with Crippen molar-refractivity contribution < 1.29 is 9.26 Å². The fraction of sp³-hybridized carbons (Fsp3) is 0.312. The quantitative estimate of drug-likeness (QED) is 0.734. The average molecular weight is 348 g/mol. The summed E-state index contributed by atoms with van der Waals surface area (Å²) in [6.07, 6.45) is 1.76. The number of nitrogens with one attached hydrogen (secondary N) is 1. The normalized spacial score (nSPS) is 12.3. The fourth-order valence-electron chi connectivity index (χ4n) is 2.35. The summed E-state index contributed by atoms with van der Waals surface area (Å²) in [6, 6.07) is 7.39. The van der Waals surface area contributed by atoms with Crippen molar-refractivity contribution in [2.45, 2.75) is 26.5 Å². The van der Waals surface area contributed by atoms with Crippen LogP contribution in [0.3, 0.4) is 0 Å². The Labute approximate surface area is 144 Å². The van der Waals surface area contributed by atoms with E-state index in [4.69, 9.17) is 20.9 Å². The van der Waals surface area contributed by atoms with Crippen LogP contribution in [0.4, 0.5) is 5.69 Å². The van der Waals surface area contributed by atoms with Crippen LogP contribution < -0.4 is 5.32 Å². The Morgan fingerprint density at radius 1 is 1.42 bits per heavy atom. The van der Waals surface area contributed by atoms with E-state index in [1.54, 1.807) is 13.3 Å². The highest BCUT2D eigenvalue weighted by atomic mass is 35.5. The molecule has 3 aromatic rings. The van der Waals surface area contributed by atoms with Crippen molar-refractivity contribution in [3.8, 4) is 5.69 Å². The summed E-state index contributed by atoms with van der Waals surface area (Å²) >= 11 is 6.05.